The Morgan fingerprint density at radius 3 is 2.71 bits per heavy atom. The summed E-state index contributed by atoms with van der Waals surface area (Å²) in [6.07, 6.45) is -1.51. The van der Waals surface area contributed by atoms with Gasteiger partial charge in [-0.15, -0.1) is 0 Å². The molecule has 2 N–H and O–H groups in total. The number of methoxy groups -OCH3 is 1. The number of ether oxygens (including phenoxy) is 1. The van der Waals surface area contributed by atoms with Gasteiger partial charge in [0.1, 0.15) is 5.75 Å². The number of aliphatic hydroxyl groups is 1. The third kappa shape index (κ3) is 2.07. The fraction of sp³-hybridized carbons (Fsp3) is 0.154. The molecule has 0 spiro atoms. The lowest BCUT2D eigenvalue weighted by Crippen LogP contribution is -2.10. The molecule has 4 nitrogen and oxygen atoms in total. The summed E-state index contributed by atoms with van der Waals surface area (Å²) in [5.41, 5.74) is 0.387. The first-order valence-electron chi connectivity index (χ1n) is 5.11. The summed E-state index contributed by atoms with van der Waals surface area (Å²) in [5.74, 6) is -0.562. The van der Waals surface area contributed by atoms with Crippen molar-refractivity contribution in [1.29, 1.82) is 0 Å². The first-order valence-corrected chi connectivity index (χ1v) is 5.11. The van der Waals surface area contributed by atoms with Gasteiger partial charge in [-0.3, -0.25) is 0 Å². The summed E-state index contributed by atoms with van der Waals surface area (Å²) in [7, 11) is 1.57. The van der Waals surface area contributed by atoms with Crippen LogP contribution in [0.5, 0.6) is 5.75 Å². The summed E-state index contributed by atoms with van der Waals surface area (Å²) in [5, 5.41) is 20.0. The molecule has 0 amide bonds. The van der Waals surface area contributed by atoms with Crippen molar-refractivity contribution in [2.24, 2.45) is 0 Å². The number of hydrogen-bond acceptors (Lipinski definition) is 3. The van der Waals surface area contributed by atoms with Crippen molar-refractivity contribution in [2.45, 2.75) is 6.10 Å². The smallest absolute Gasteiger partial charge is 0.337 e. The molecule has 1 atom stereocenters. The lowest BCUT2D eigenvalue weighted by atomic mass is 10.0. The number of carboxylic acids is 1. The van der Waals surface area contributed by atoms with Gasteiger partial charge in [0, 0.05) is 0 Å². The SMILES string of the molecule is COc1ccc2c(C(O)C(=O)O)cccc2c1. The predicted molar refractivity (Wildman–Crippen MR) is 63.1 cm³/mol. The van der Waals surface area contributed by atoms with E-state index >= 15 is 0 Å². The lowest BCUT2D eigenvalue weighted by Gasteiger charge is -2.10. The third-order valence-corrected chi connectivity index (χ3v) is 2.65. The van der Waals surface area contributed by atoms with Gasteiger partial charge in [-0.2, -0.15) is 0 Å². The van der Waals surface area contributed by atoms with E-state index < -0.39 is 12.1 Å². The second kappa shape index (κ2) is 4.43. The van der Waals surface area contributed by atoms with Crippen LogP contribution in [-0.2, 0) is 4.79 Å². The van der Waals surface area contributed by atoms with Crippen molar-refractivity contribution < 1.29 is 19.7 Å². The number of carboxylic acid groups (broad SMARTS) is 1. The Hall–Kier alpha value is -2.07. The van der Waals surface area contributed by atoms with Crippen molar-refractivity contribution in [3.05, 3.63) is 42.0 Å². The first kappa shape index (κ1) is 11.4. The minimum atomic E-state index is -1.51. The molecule has 0 aromatic heterocycles. The Balaban J connectivity index is 2.62. The lowest BCUT2D eigenvalue weighted by molar-refractivity contribution is -0.146. The number of fused-ring (bicyclic) bond motifs is 1. The summed E-state index contributed by atoms with van der Waals surface area (Å²) in [6, 6.07) is 10.4. The van der Waals surface area contributed by atoms with Gasteiger partial charge in [-0.25, -0.2) is 4.79 Å². The van der Waals surface area contributed by atoms with Gasteiger partial charge in [0.2, 0.25) is 0 Å². The van der Waals surface area contributed by atoms with E-state index in [2.05, 4.69) is 0 Å². The fourth-order valence-corrected chi connectivity index (χ4v) is 1.79. The maximum atomic E-state index is 10.8. The van der Waals surface area contributed by atoms with E-state index in [0.29, 0.717) is 16.7 Å². The summed E-state index contributed by atoms with van der Waals surface area (Å²) in [4.78, 5) is 10.8. The number of hydrogen-bond donors (Lipinski definition) is 2. The van der Waals surface area contributed by atoms with E-state index in [9.17, 15) is 9.90 Å². The highest BCUT2D eigenvalue weighted by Crippen LogP contribution is 2.27. The monoisotopic (exact) mass is 232 g/mol. The number of aliphatic carboxylic acids is 1. The van der Waals surface area contributed by atoms with Crippen LogP contribution >= 0.6 is 0 Å². The van der Waals surface area contributed by atoms with Crippen LogP contribution in [-0.4, -0.2) is 23.3 Å². The molecule has 2 aromatic carbocycles. The molecule has 2 aromatic rings. The van der Waals surface area contributed by atoms with E-state index in [1.807, 2.05) is 6.07 Å². The van der Waals surface area contributed by atoms with Gasteiger partial charge in [0.05, 0.1) is 7.11 Å². The standard InChI is InChI=1S/C13H12O4/c1-17-9-5-6-10-8(7-9)3-2-4-11(10)12(14)13(15)16/h2-7,12,14H,1H3,(H,15,16). The Bertz CT molecular complexity index is 562. The molecular weight excluding hydrogens is 220 g/mol. The predicted octanol–water partition coefficient (Wildman–Crippen LogP) is 1.97. The normalized spacial score (nSPS) is 12.4. The number of benzene rings is 2. The Labute approximate surface area is 98.1 Å². The van der Waals surface area contributed by atoms with Crippen LogP contribution in [0.3, 0.4) is 0 Å². The van der Waals surface area contributed by atoms with Crippen molar-refractivity contribution >= 4 is 16.7 Å². The largest absolute Gasteiger partial charge is 0.497 e. The van der Waals surface area contributed by atoms with Crippen LogP contribution in [0.15, 0.2) is 36.4 Å². The molecule has 0 aliphatic carbocycles. The molecule has 0 aliphatic heterocycles. The van der Waals surface area contributed by atoms with Gasteiger partial charge in [-0.1, -0.05) is 24.3 Å². The molecule has 0 saturated heterocycles. The number of aliphatic hydroxyl groups excluding tert-OH is 1. The third-order valence-electron chi connectivity index (χ3n) is 2.65. The second-order valence-corrected chi connectivity index (χ2v) is 3.68. The first-order chi connectivity index (χ1) is 8.13. The summed E-state index contributed by atoms with van der Waals surface area (Å²) < 4.78 is 5.09. The molecule has 0 fully saturated rings. The van der Waals surface area contributed by atoms with Crippen molar-refractivity contribution in [3.63, 3.8) is 0 Å². The number of rotatable bonds is 3. The van der Waals surface area contributed by atoms with Crippen LogP contribution in [0, 0.1) is 0 Å². The van der Waals surface area contributed by atoms with E-state index in [4.69, 9.17) is 9.84 Å². The van der Waals surface area contributed by atoms with Crippen molar-refractivity contribution in [2.75, 3.05) is 7.11 Å². The van der Waals surface area contributed by atoms with Gasteiger partial charge in [0.15, 0.2) is 6.10 Å². The van der Waals surface area contributed by atoms with Crippen LogP contribution in [0.2, 0.25) is 0 Å². The highest BCUT2D eigenvalue weighted by atomic mass is 16.5. The Morgan fingerprint density at radius 1 is 1.29 bits per heavy atom. The average molecular weight is 232 g/mol. The number of carbonyl (C=O) groups is 1. The van der Waals surface area contributed by atoms with E-state index in [1.54, 1.807) is 37.4 Å². The quantitative estimate of drug-likeness (QED) is 0.849. The van der Waals surface area contributed by atoms with Crippen LogP contribution < -0.4 is 4.74 Å². The van der Waals surface area contributed by atoms with E-state index in [-0.39, 0.29) is 0 Å². The van der Waals surface area contributed by atoms with Gasteiger partial charge in [0.25, 0.3) is 0 Å². The van der Waals surface area contributed by atoms with Crippen LogP contribution in [0.1, 0.15) is 11.7 Å². The average Bonchev–Trinajstić information content (AvgIpc) is 2.36. The zero-order valence-corrected chi connectivity index (χ0v) is 9.25. The highest BCUT2D eigenvalue weighted by molar-refractivity contribution is 5.90. The molecule has 4 heteroatoms. The molecule has 0 radical (unpaired) electrons. The van der Waals surface area contributed by atoms with Crippen molar-refractivity contribution in [3.8, 4) is 5.75 Å². The molecule has 0 heterocycles. The minimum absolute atomic E-state index is 0.387. The van der Waals surface area contributed by atoms with Crippen molar-refractivity contribution in [1.82, 2.24) is 0 Å². The second-order valence-electron chi connectivity index (χ2n) is 3.68. The van der Waals surface area contributed by atoms with Crippen LogP contribution in [0.4, 0.5) is 0 Å². The minimum Gasteiger partial charge on any atom is -0.497 e. The fourth-order valence-electron chi connectivity index (χ4n) is 1.79. The van der Waals surface area contributed by atoms with E-state index in [1.165, 1.54) is 0 Å². The van der Waals surface area contributed by atoms with Gasteiger partial charge >= 0.3 is 5.97 Å². The molecule has 0 bridgehead atoms. The molecule has 0 saturated carbocycles. The van der Waals surface area contributed by atoms with E-state index in [0.717, 1.165) is 5.39 Å². The van der Waals surface area contributed by atoms with Crippen LogP contribution in [0.25, 0.3) is 10.8 Å². The molecule has 17 heavy (non-hydrogen) atoms. The maximum absolute atomic E-state index is 10.8. The summed E-state index contributed by atoms with van der Waals surface area (Å²) in [6.45, 7) is 0. The zero-order valence-electron chi connectivity index (χ0n) is 9.25. The van der Waals surface area contributed by atoms with Gasteiger partial charge in [-0.05, 0) is 28.5 Å². The molecule has 1 unspecified atom stereocenters. The Morgan fingerprint density at radius 2 is 2.06 bits per heavy atom. The molecule has 2 rings (SSSR count). The topological polar surface area (TPSA) is 66.8 Å². The highest BCUT2D eigenvalue weighted by Gasteiger charge is 2.18. The maximum Gasteiger partial charge on any atom is 0.337 e. The Kier molecular flexibility index (Phi) is 2.97. The molecule has 0 aliphatic rings. The summed E-state index contributed by atoms with van der Waals surface area (Å²) >= 11 is 0. The molecular formula is C13H12O4. The van der Waals surface area contributed by atoms with Gasteiger partial charge < -0.3 is 14.9 Å². The molecule has 88 valence electrons. The zero-order chi connectivity index (χ0) is 12.4.